The Kier molecular flexibility index (Phi) is 5.57. The first-order valence-corrected chi connectivity index (χ1v) is 10.3. The van der Waals surface area contributed by atoms with Crippen molar-refractivity contribution >= 4 is 11.5 Å². The molecule has 4 rings (SSSR count). The number of nitrogens with zero attached hydrogens (tertiary/aromatic N) is 4. The van der Waals surface area contributed by atoms with Crippen LogP contribution in [0, 0.1) is 11.8 Å². The fourth-order valence-electron chi connectivity index (χ4n) is 4.24. The quantitative estimate of drug-likeness (QED) is 0.803. The van der Waals surface area contributed by atoms with Gasteiger partial charge < -0.3 is 5.32 Å². The summed E-state index contributed by atoms with van der Waals surface area (Å²) in [6.07, 6.45) is 3.87. The number of piperidine rings is 1. The molecular formula is C22H29N5O. The highest BCUT2D eigenvalue weighted by atomic mass is 16.2. The Hall–Kier alpha value is -2.47. The SMILES string of the molecule is CCn1ncnc1CN1CCC(CNC(=O)C2C(C)=C2c2ccccc2)CC1. The second-order valence-corrected chi connectivity index (χ2v) is 7.85. The van der Waals surface area contributed by atoms with Crippen molar-refractivity contribution in [3.05, 3.63) is 53.6 Å². The summed E-state index contributed by atoms with van der Waals surface area (Å²) < 4.78 is 1.96. The van der Waals surface area contributed by atoms with Gasteiger partial charge in [-0.2, -0.15) is 5.10 Å². The number of hydrogen-bond acceptors (Lipinski definition) is 4. The van der Waals surface area contributed by atoms with E-state index < -0.39 is 0 Å². The van der Waals surface area contributed by atoms with Gasteiger partial charge in [-0.1, -0.05) is 35.9 Å². The van der Waals surface area contributed by atoms with Crippen molar-refractivity contribution in [1.29, 1.82) is 0 Å². The van der Waals surface area contributed by atoms with Gasteiger partial charge in [0.15, 0.2) is 0 Å². The molecule has 1 aromatic heterocycles. The Balaban J connectivity index is 1.20. The van der Waals surface area contributed by atoms with Crippen LogP contribution in [0.15, 0.2) is 42.2 Å². The molecule has 1 saturated heterocycles. The summed E-state index contributed by atoms with van der Waals surface area (Å²) in [4.78, 5) is 19.4. The van der Waals surface area contributed by atoms with Crippen molar-refractivity contribution in [3.8, 4) is 0 Å². The van der Waals surface area contributed by atoms with Crippen molar-refractivity contribution in [3.63, 3.8) is 0 Å². The zero-order valence-corrected chi connectivity index (χ0v) is 16.8. The zero-order valence-electron chi connectivity index (χ0n) is 16.8. The molecule has 1 N–H and O–H groups in total. The summed E-state index contributed by atoms with van der Waals surface area (Å²) in [5.74, 6) is 1.74. The van der Waals surface area contributed by atoms with Crippen LogP contribution in [0.3, 0.4) is 0 Å². The number of aromatic nitrogens is 3. The number of rotatable bonds is 7. The zero-order chi connectivity index (χ0) is 19.5. The van der Waals surface area contributed by atoms with Crippen molar-refractivity contribution in [1.82, 2.24) is 25.0 Å². The van der Waals surface area contributed by atoms with Gasteiger partial charge in [0, 0.05) is 13.1 Å². The molecule has 0 saturated carbocycles. The molecule has 2 heterocycles. The lowest BCUT2D eigenvalue weighted by Gasteiger charge is -2.31. The van der Waals surface area contributed by atoms with Gasteiger partial charge in [-0.15, -0.1) is 0 Å². The summed E-state index contributed by atoms with van der Waals surface area (Å²) in [6, 6.07) is 10.2. The highest BCUT2D eigenvalue weighted by Crippen LogP contribution is 2.46. The minimum Gasteiger partial charge on any atom is -0.355 e. The topological polar surface area (TPSA) is 63.1 Å². The lowest BCUT2D eigenvalue weighted by Crippen LogP contribution is -2.39. The maximum atomic E-state index is 12.6. The van der Waals surface area contributed by atoms with Crippen molar-refractivity contribution in [2.45, 2.75) is 39.8 Å². The van der Waals surface area contributed by atoms with Crippen LogP contribution in [0.5, 0.6) is 0 Å². The van der Waals surface area contributed by atoms with Crippen molar-refractivity contribution in [2.24, 2.45) is 11.8 Å². The maximum Gasteiger partial charge on any atom is 0.231 e. The van der Waals surface area contributed by atoms with Crippen LogP contribution in [0.25, 0.3) is 5.57 Å². The molecule has 6 heteroatoms. The van der Waals surface area contributed by atoms with Gasteiger partial charge in [-0.3, -0.25) is 9.69 Å². The number of carbonyl (C=O) groups is 1. The number of benzene rings is 1. The number of aryl methyl sites for hydroxylation is 1. The molecule has 2 aromatic rings. The molecule has 1 aromatic carbocycles. The Morgan fingerprint density at radius 3 is 2.68 bits per heavy atom. The van der Waals surface area contributed by atoms with Gasteiger partial charge in [-0.25, -0.2) is 9.67 Å². The van der Waals surface area contributed by atoms with Crippen molar-refractivity contribution < 1.29 is 4.79 Å². The van der Waals surface area contributed by atoms with E-state index in [2.05, 4.69) is 46.3 Å². The summed E-state index contributed by atoms with van der Waals surface area (Å²) in [7, 11) is 0. The first-order chi connectivity index (χ1) is 13.7. The number of carbonyl (C=O) groups excluding carboxylic acids is 1. The lowest BCUT2D eigenvalue weighted by atomic mass is 9.96. The first-order valence-electron chi connectivity index (χ1n) is 10.3. The predicted molar refractivity (Wildman–Crippen MR) is 109 cm³/mol. The number of amides is 1. The highest BCUT2D eigenvalue weighted by Gasteiger charge is 2.39. The molecule has 1 aliphatic carbocycles. The summed E-state index contributed by atoms with van der Waals surface area (Å²) in [5.41, 5.74) is 3.58. The van der Waals surface area contributed by atoms with Crippen LogP contribution < -0.4 is 5.32 Å². The Bertz CT molecular complexity index is 849. The fraction of sp³-hybridized carbons (Fsp3) is 0.500. The molecule has 0 radical (unpaired) electrons. The lowest BCUT2D eigenvalue weighted by molar-refractivity contribution is -0.121. The normalized spacial score (nSPS) is 20.4. The number of hydrogen-bond donors (Lipinski definition) is 1. The van der Waals surface area contributed by atoms with E-state index in [0.29, 0.717) is 5.92 Å². The average Bonchev–Trinajstić information content (AvgIpc) is 3.20. The summed E-state index contributed by atoms with van der Waals surface area (Å²) >= 11 is 0. The van der Waals surface area contributed by atoms with Gasteiger partial charge in [0.05, 0.1) is 12.5 Å². The molecule has 6 nitrogen and oxygen atoms in total. The second-order valence-electron chi connectivity index (χ2n) is 7.85. The van der Waals surface area contributed by atoms with E-state index in [1.165, 1.54) is 16.7 Å². The summed E-state index contributed by atoms with van der Waals surface area (Å²) in [5, 5.41) is 7.45. The Morgan fingerprint density at radius 2 is 1.96 bits per heavy atom. The third kappa shape index (κ3) is 4.02. The Labute approximate surface area is 166 Å². The van der Waals surface area contributed by atoms with Crippen LogP contribution >= 0.6 is 0 Å². The van der Waals surface area contributed by atoms with Gasteiger partial charge in [0.25, 0.3) is 0 Å². The largest absolute Gasteiger partial charge is 0.355 e. The Morgan fingerprint density at radius 1 is 1.21 bits per heavy atom. The smallest absolute Gasteiger partial charge is 0.231 e. The molecule has 1 unspecified atom stereocenters. The van der Waals surface area contributed by atoms with Crippen LogP contribution in [0.2, 0.25) is 0 Å². The van der Waals surface area contributed by atoms with Crippen LogP contribution in [-0.4, -0.2) is 45.2 Å². The molecule has 28 heavy (non-hydrogen) atoms. The maximum absolute atomic E-state index is 12.6. The van der Waals surface area contributed by atoms with E-state index in [0.717, 1.165) is 51.4 Å². The second kappa shape index (κ2) is 8.27. The van der Waals surface area contributed by atoms with E-state index in [9.17, 15) is 4.79 Å². The highest BCUT2D eigenvalue weighted by molar-refractivity contribution is 6.05. The molecule has 148 valence electrons. The summed E-state index contributed by atoms with van der Waals surface area (Å²) in [6.45, 7) is 8.76. The van der Waals surface area contributed by atoms with E-state index in [1.54, 1.807) is 6.33 Å². The average molecular weight is 380 g/mol. The van der Waals surface area contributed by atoms with Gasteiger partial charge >= 0.3 is 0 Å². The van der Waals surface area contributed by atoms with Gasteiger partial charge in [0.1, 0.15) is 12.2 Å². The van der Waals surface area contributed by atoms with Crippen LogP contribution in [0.4, 0.5) is 0 Å². The van der Waals surface area contributed by atoms with Crippen molar-refractivity contribution in [2.75, 3.05) is 19.6 Å². The fourth-order valence-corrected chi connectivity index (χ4v) is 4.24. The first kappa shape index (κ1) is 18.9. The van der Waals surface area contributed by atoms with Crippen LogP contribution in [-0.2, 0) is 17.9 Å². The monoisotopic (exact) mass is 379 g/mol. The minimum atomic E-state index is -0.0251. The third-order valence-electron chi connectivity index (χ3n) is 6.04. The molecule has 2 aliphatic rings. The van der Waals surface area contributed by atoms with E-state index in [1.807, 2.05) is 22.9 Å². The molecule has 1 aliphatic heterocycles. The molecule has 0 spiro atoms. The molecular weight excluding hydrogens is 350 g/mol. The molecule has 1 fully saturated rings. The number of nitrogens with one attached hydrogen (secondary N) is 1. The van der Waals surface area contributed by atoms with Gasteiger partial charge in [0.2, 0.25) is 5.91 Å². The van der Waals surface area contributed by atoms with Crippen LogP contribution in [0.1, 0.15) is 38.1 Å². The molecule has 1 atom stereocenters. The van der Waals surface area contributed by atoms with E-state index in [-0.39, 0.29) is 11.8 Å². The van der Waals surface area contributed by atoms with E-state index >= 15 is 0 Å². The van der Waals surface area contributed by atoms with E-state index in [4.69, 9.17) is 0 Å². The molecule has 1 amide bonds. The van der Waals surface area contributed by atoms with Gasteiger partial charge in [-0.05, 0) is 56.8 Å². The standard InChI is InChI=1S/C22H29N5O/c1-3-27-19(24-15-25-27)14-26-11-9-17(10-12-26)13-23-22(28)21-16(2)20(21)18-7-5-4-6-8-18/h4-8,15,17,21H,3,9-14H2,1-2H3,(H,23,28). The third-order valence-corrected chi connectivity index (χ3v) is 6.04. The minimum absolute atomic E-state index is 0.0251. The number of likely N-dealkylation sites (tertiary alicyclic amines) is 1. The predicted octanol–water partition coefficient (Wildman–Crippen LogP) is 2.73. The molecule has 0 bridgehead atoms.